The van der Waals surface area contributed by atoms with Gasteiger partial charge in [-0.1, -0.05) is 30.3 Å². The van der Waals surface area contributed by atoms with E-state index in [9.17, 15) is 8.42 Å². The number of rotatable bonds is 4. The normalized spacial score (nSPS) is 11.7. The number of aryl methyl sites for hydroxylation is 1. The molecule has 0 fully saturated rings. The van der Waals surface area contributed by atoms with E-state index in [-0.39, 0.29) is 4.90 Å². The molecular formula is C16H16N2O3S. The molecule has 0 aliphatic heterocycles. The number of nitrogens with two attached hydrogens (primary N) is 1. The smallest absolute Gasteiger partial charge is 0.240 e. The standard InChI is InChI=1S/C16H16N2O3S/c1-18-10-16(22(17,19)20)14-8-7-13(9-15(14)18)21-11-12-5-3-2-4-6-12/h2-10H,11H2,1H3,(H2,17,19,20). The molecule has 0 aliphatic carbocycles. The number of primary sulfonamides is 1. The monoisotopic (exact) mass is 316 g/mol. The van der Waals surface area contributed by atoms with Crippen LogP contribution >= 0.6 is 0 Å². The van der Waals surface area contributed by atoms with E-state index in [4.69, 9.17) is 9.88 Å². The van der Waals surface area contributed by atoms with Crippen molar-refractivity contribution in [3.05, 3.63) is 60.3 Å². The highest BCUT2D eigenvalue weighted by molar-refractivity contribution is 7.89. The van der Waals surface area contributed by atoms with Gasteiger partial charge in [-0.25, -0.2) is 13.6 Å². The van der Waals surface area contributed by atoms with Crippen LogP contribution in [-0.2, 0) is 23.7 Å². The number of hydrogen-bond acceptors (Lipinski definition) is 3. The van der Waals surface area contributed by atoms with Gasteiger partial charge in [-0.05, 0) is 17.7 Å². The van der Waals surface area contributed by atoms with Gasteiger partial charge in [0.05, 0.1) is 5.52 Å². The molecule has 3 rings (SSSR count). The van der Waals surface area contributed by atoms with Gasteiger partial charge in [0.2, 0.25) is 10.0 Å². The Hall–Kier alpha value is -2.31. The molecule has 0 unspecified atom stereocenters. The molecule has 0 spiro atoms. The van der Waals surface area contributed by atoms with Crippen molar-refractivity contribution >= 4 is 20.9 Å². The average molecular weight is 316 g/mol. The first-order chi connectivity index (χ1) is 10.4. The Morgan fingerprint density at radius 1 is 1.14 bits per heavy atom. The minimum atomic E-state index is -3.74. The zero-order valence-corrected chi connectivity index (χ0v) is 12.9. The Labute approximate surface area is 129 Å². The topological polar surface area (TPSA) is 74.3 Å². The third-order valence-electron chi connectivity index (χ3n) is 3.48. The van der Waals surface area contributed by atoms with Crippen LogP contribution in [0.4, 0.5) is 0 Å². The summed E-state index contributed by atoms with van der Waals surface area (Å²) in [5.41, 5.74) is 1.83. The second-order valence-corrected chi connectivity index (χ2v) is 6.63. The second-order valence-electron chi connectivity index (χ2n) is 5.10. The van der Waals surface area contributed by atoms with Crippen LogP contribution in [0.2, 0.25) is 0 Å². The van der Waals surface area contributed by atoms with Crippen molar-refractivity contribution in [2.75, 3.05) is 0 Å². The molecule has 3 aromatic rings. The number of aromatic nitrogens is 1. The molecule has 1 aromatic heterocycles. The molecule has 2 N–H and O–H groups in total. The molecule has 2 aromatic carbocycles. The zero-order chi connectivity index (χ0) is 15.7. The molecule has 1 heterocycles. The summed E-state index contributed by atoms with van der Waals surface area (Å²) >= 11 is 0. The Kier molecular flexibility index (Phi) is 3.64. The summed E-state index contributed by atoms with van der Waals surface area (Å²) in [6.45, 7) is 0.457. The summed E-state index contributed by atoms with van der Waals surface area (Å²) in [6.07, 6.45) is 1.51. The van der Waals surface area contributed by atoms with Crippen LogP contribution < -0.4 is 9.88 Å². The van der Waals surface area contributed by atoms with Gasteiger partial charge in [-0.15, -0.1) is 0 Å². The summed E-state index contributed by atoms with van der Waals surface area (Å²) in [7, 11) is -1.96. The number of nitrogens with zero attached hydrogens (tertiary/aromatic N) is 1. The maximum atomic E-state index is 11.6. The van der Waals surface area contributed by atoms with E-state index in [1.165, 1.54) is 6.20 Å². The lowest BCUT2D eigenvalue weighted by Crippen LogP contribution is -2.11. The second kappa shape index (κ2) is 5.47. The third-order valence-corrected chi connectivity index (χ3v) is 4.42. The first kappa shape index (κ1) is 14.6. The highest BCUT2D eigenvalue weighted by Crippen LogP contribution is 2.27. The predicted molar refractivity (Wildman–Crippen MR) is 85.1 cm³/mol. The molecule has 6 heteroatoms. The molecule has 0 saturated carbocycles. The molecule has 0 radical (unpaired) electrons. The van der Waals surface area contributed by atoms with Crippen LogP contribution in [0.15, 0.2) is 59.6 Å². The maximum absolute atomic E-state index is 11.6. The molecule has 0 atom stereocenters. The summed E-state index contributed by atoms with van der Waals surface area (Å²) in [5.74, 6) is 0.679. The van der Waals surface area contributed by atoms with Gasteiger partial charge in [0.15, 0.2) is 0 Å². The molecule has 0 saturated heterocycles. The first-order valence-corrected chi connectivity index (χ1v) is 8.28. The molecule has 22 heavy (non-hydrogen) atoms. The van der Waals surface area contributed by atoms with Gasteiger partial charge in [-0.2, -0.15) is 0 Å². The van der Waals surface area contributed by atoms with Gasteiger partial charge >= 0.3 is 0 Å². The van der Waals surface area contributed by atoms with Gasteiger partial charge in [0, 0.05) is 24.7 Å². The van der Waals surface area contributed by atoms with E-state index in [0.717, 1.165) is 11.1 Å². The van der Waals surface area contributed by atoms with Crippen molar-refractivity contribution in [2.24, 2.45) is 12.2 Å². The maximum Gasteiger partial charge on any atom is 0.240 e. The van der Waals surface area contributed by atoms with E-state index in [1.807, 2.05) is 36.4 Å². The lowest BCUT2D eigenvalue weighted by molar-refractivity contribution is 0.306. The van der Waals surface area contributed by atoms with Crippen LogP contribution in [0.1, 0.15) is 5.56 Å². The van der Waals surface area contributed by atoms with Crippen molar-refractivity contribution in [3.63, 3.8) is 0 Å². The lowest BCUT2D eigenvalue weighted by atomic mass is 10.2. The van der Waals surface area contributed by atoms with E-state index in [0.29, 0.717) is 17.7 Å². The molecule has 5 nitrogen and oxygen atoms in total. The van der Waals surface area contributed by atoms with E-state index in [2.05, 4.69) is 0 Å². The molecule has 114 valence electrons. The summed E-state index contributed by atoms with van der Waals surface area (Å²) in [5, 5.41) is 5.83. The SMILES string of the molecule is Cn1cc(S(N)(=O)=O)c2ccc(OCc3ccccc3)cc21. The number of sulfonamides is 1. The van der Waals surface area contributed by atoms with Crippen LogP contribution in [-0.4, -0.2) is 13.0 Å². The fourth-order valence-electron chi connectivity index (χ4n) is 2.38. The zero-order valence-electron chi connectivity index (χ0n) is 12.1. The molecular weight excluding hydrogens is 300 g/mol. The minimum Gasteiger partial charge on any atom is -0.489 e. The Balaban J connectivity index is 1.92. The summed E-state index contributed by atoms with van der Waals surface area (Å²) < 4.78 is 30.7. The third kappa shape index (κ3) is 2.84. The fraction of sp³-hybridized carbons (Fsp3) is 0.125. The summed E-state index contributed by atoms with van der Waals surface area (Å²) in [6, 6.07) is 15.1. The van der Waals surface area contributed by atoms with E-state index >= 15 is 0 Å². The van der Waals surface area contributed by atoms with Crippen LogP contribution in [0.25, 0.3) is 10.9 Å². The first-order valence-electron chi connectivity index (χ1n) is 6.74. The highest BCUT2D eigenvalue weighted by Gasteiger charge is 2.16. The van der Waals surface area contributed by atoms with Gasteiger partial charge in [-0.3, -0.25) is 0 Å². The van der Waals surface area contributed by atoms with Crippen LogP contribution in [0.5, 0.6) is 5.75 Å². The van der Waals surface area contributed by atoms with Crippen molar-refractivity contribution in [2.45, 2.75) is 11.5 Å². The van der Waals surface area contributed by atoms with E-state index < -0.39 is 10.0 Å². The molecule has 0 aliphatic rings. The minimum absolute atomic E-state index is 0.125. The number of benzene rings is 2. The molecule has 0 amide bonds. The Bertz CT molecular complexity index is 915. The quantitative estimate of drug-likeness (QED) is 0.803. The van der Waals surface area contributed by atoms with Crippen LogP contribution in [0.3, 0.4) is 0 Å². The summed E-state index contributed by atoms with van der Waals surface area (Å²) in [4.78, 5) is 0.125. The van der Waals surface area contributed by atoms with Gasteiger partial charge < -0.3 is 9.30 Å². The average Bonchev–Trinajstić information content (AvgIpc) is 2.83. The largest absolute Gasteiger partial charge is 0.489 e. The highest BCUT2D eigenvalue weighted by atomic mass is 32.2. The van der Waals surface area contributed by atoms with Crippen molar-refractivity contribution in [1.82, 2.24) is 4.57 Å². The van der Waals surface area contributed by atoms with Crippen molar-refractivity contribution in [1.29, 1.82) is 0 Å². The number of ether oxygens (including phenoxy) is 1. The number of fused-ring (bicyclic) bond motifs is 1. The molecule has 0 bridgehead atoms. The van der Waals surface area contributed by atoms with Gasteiger partial charge in [0.25, 0.3) is 0 Å². The van der Waals surface area contributed by atoms with E-state index in [1.54, 1.807) is 23.7 Å². The van der Waals surface area contributed by atoms with Crippen LogP contribution in [0, 0.1) is 0 Å². The van der Waals surface area contributed by atoms with Crippen molar-refractivity contribution in [3.8, 4) is 5.75 Å². The Morgan fingerprint density at radius 2 is 1.86 bits per heavy atom. The van der Waals surface area contributed by atoms with Crippen molar-refractivity contribution < 1.29 is 13.2 Å². The lowest BCUT2D eigenvalue weighted by Gasteiger charge is -2.07. The predicted octanol–water partition coefficient (Wildman–Crippen LogP) is 2.40. The van der Waals surface area contributed by atoms with Gasteiger partial charge in [0.1, 0.15) is 17.3 Å². The fourth-order valence-corrected chi connectivity index (χ4v) is 3.17. The number of hydrogen-bond donors (Lipinski definition) is 1. The Morgan fingerprint density at radius 3 is 2.55 bits per heavy atom.